The van der Waals surface area contributed by atoms with Gasteiger partial charge in [-0.25, -0.2) is 0 Å². The lowest BCUT2D eigenvalue weighted by atomic mass is 10.0. The first-order chi connectivity index (χ1) is 10.3. The van der Waals surface area contributed by atoms with E-state index in [1.165, 1.54) is 0 Å². The number of hydrogen-bond acceptors (Lipinski definition) is 4. The van der Waals surface area contributed by atoms with Crippen molar-refractivity contribution in [3.8, 4) is 11.5 Å². The van der Waals surface area contributed by atoms with Crippen LogP contribution in [0.3, 0.4) is 0 Å². The van der Waals surface area contributed by atoms with Crippen LogP contribution in [0.2, 0.25) is 0 Å². The Morgan fingerprint density at radius 3 is 2.14 bits per heavy atom. The first-order valence-corrected chi connectivity index (χ1v) is 7.21. The van der Waals surface area contributed by atoms with Crippen molar-refractivity contribution in [3.05, 3.63) is 35.9 Å². The van der Waals surface area contributed by atoms with Gasteiger partial charge in [0.15, 0.2) is 13.6 Å². The third kappa shape index (κ3) is 3.86. The fourth-order valence-corrected chi connectivity index (χ4v) is 2.13. The molecule has 0 saturated heterocycles. The van der Waals surface area contributed by atoms with E-state index in [4.69, 9.17) is 18.9 Å². The van der Waals surface area contributed by atoms with Gasteiger partial charge in [-0.05, 0) is 32.4 Å². The SMILES string of the molecule is CCOCOc1cc(C)c(OCOCC)c2ccccc12. The number of fused-ring (bicyclic) bond motifs is 1. The average molecular weight is 290 g/mol. The van der Waals surface area contributed by atoms with E-state index in [9.17, 15) is 0 Å². The summed E-state index contributed by atoms with van der Waals surface area (Å²) < 4.78 is 22.0. The van der Waals surface area contributed by atoms with E-state index in [0.29, 0.717) is 13.2 Å². The molecule has 0 aliphatic heterocycles. The van der Waals surface area contributed by atoms with E-state index >= 15 is 0 Å². The Labute approximate surface area is 125 Å². The van der Waals surface area contributed by atoms with E-state index in [-0.39, 0.29) is 13.6 Å². The second kappa shape index (κ2) is 7.86. The van der Waals surface area contributed by atoms with E-state index in [1.54, 1.807) is 0 Å². The summed E-state index contributed by atoms with van der Waals surface area (Å²) in [5.74, 6) is 1.64. The van der Waals surface area contributed by atoms with Crippen molar-refractivity contribution in [2.24, 2.45) is 0 Å². The van der Waals surface area contributed by atoms with Gasteiger partial charge >= 0.3 is 0 Å². The zero-order chi connectivity index (χ0) is 15.1. The summed E-state index contributed by atoms with van der Waals surface area (Å²) in [6.07, 6.45) is 0. The van der Waals surface area contributed by atoms with Crippen LogP contribution in [-0.2, 0) is 9.47 Å². The lowest BCUT2D eigenvalue weighted by Crippen LogP contribution is -2.06. The molecule has 0 unspecified atom stereocenters. The molecule has 2 aromatic rings. The minimum Gasteiger partial charge on any atom is -0.467 e. The number of rotatable bonds is 8. The standard InChI is InChI=1S/C17H22O4/c1-4-18-11-20-16-10-13(3)17(21-12-19-5-2)15-9-7-6-8-14(15)16/h6-10H,4-5,11-12H2,1-3H3. The molecular formula is C17H22O4. The molecule has 4 nitrogen and oxygen atoms in total. The molecule has 0 bridgehead atoms. The van der Waals surface area contributed by atoms with Crippen LogP contribution in [0.1, 0.15) is 19.4 Å². The van der Waals surface area contributed by atoms with Gasteiger partial charge in [0.05, 0.1) is 0 Å². The van der Waals surface area contributed by atoms with Gasteiger partial charge in [-0.2, -0.15) is 0 Å². The molecule has 0 amide bonds. The van der Waals surface area contributed by atoms with E-state index in [1.807, 2.05) is 51.1 Å². The van der Waals surface area contributed by atoms with Crippen LogP contribution in [0.15, 0.2) is 30.3 Å². The van der Waals surface area contributed by atoms with Crippen molar-refractivity contribution in [1.29, 1.82) is 0 Å². The largest absolute Gasteiger partial charge is 0.467 e. The molecule has 0 spiro atoms. The van der Waals surface area contributed by atoms with Gasteiger partial charge < -0.3 is 18.9 Å². The molecule has 0 fully saturated rings. The topological polar surface area (TPSA) is 36.9 Å². The quantitative estimate of drug-likeness (QED) is 0.546. The maximum absolute atomic E-state index is 5.76. The highest BCUT2D eigenvalue weighted by atomic mass is 16.7. The molecule has 0 saturated carbocycles. The van der Waals surface area contributed by atoms with Crippen molar-refractivity contribution in [1.82, 2.24) is 0 Å². The lowest BCUT2D eigenvalue weighted by molar-refractivity contribution is 0.0210. The fourth-order valence-electron chi connectivity index (χ4n) is 2.13. The predicted molar refractivity (Wildman–Crippen MR) is 82.9 cm³/mol. The first kappa shape index (κ1) is 15.6. The Morgan fingerprint density at radius 1 is 0.857 bits per heavy atom. The molecule has 0 aliphatic rings. The Kier molecular flexibility index (Phi) is 5.84. The van der Waals surface area contributed by atoms with E-state index in [2.05, 4.69) is 0 Å². The van der Waals surface area contributed by atoms with Crippen LogP contribution >= 0.6 is 0 Å². The van der Waals surface area contributed by atoms with Crippen LogP contribution in [-0.4, -0.2) is 26.8 Å². The molecule has 0 heterocycles. The fraction of sp³-hybridized carbons (Fsp3) is 0.412. The summed E-state index contributed by atoms with van der Waals surface area (Å²) >= 11 is 0. The highest BCUT2D eigenvalue weighted by Gasteiger charge is 2.11. The molecule has 2 aromatic carbocycles. The highest BCUT2D eigenvalue weighted by Crippen LogP contribution is 2.36. The third-order valence-corrected chi connectivity index (χ3v) is 3.14. The Bertz CT molecular complexity index is 580. The Hall–Kier alpha value is -1.78. The summed E-state index contributed by atoms with van der Waals surface area (Å²) in [7, 11) is 0. The van der Waals surface area contributed by atoms with Crippen molar-refractivity contribution in [2.45, 2.75) is 20.8 Å². The van der Waals surface area contributed by atoms with Crippen molar-refractivity contribution in [2.75, 3.05) is 26.8 Å². The van der Waals surface area contributed by atoms with Gasteiger partial charge in [-0.1, -0.05) is 24.3 Å². The van der Waals surface area contributed by atoms with Crippen molar-refractivity contribution >= 4 is 10.8 Å². The smallest absolute Gasteiger partial charge is 0.189 e. The van der Waals surface area contributed by atoms with Gasteiger partial charge in [0, 0.05) is 24.0 Å². The van der Waals surface area contributed by atoms with Crippen LogP contribution in [0, 0.1) is 6.92 Å². The molecule has 4 heteroatoms. The van der Waals surface area contributed by atoms with Crippen molar-refractivity contribution in [3.63, 3.8) is 0 Å². The predicted octanol–water partition coefficient (Wildman–Crippen LogP) is 3.89. The van der Waals surface area contributed by atoms with Gasteiger partial charge in [-0.3, -0.25) is 0 Å². The van der Waals surface area contributed by atoms with Gasteiger partial charge in [0.25, 0.3) is 0 Å². The molecule has 0 atom stereocenters. The second-order valence-corrected chi connectivity index (χ2v) is 4.58. The van der Waals surface area contributed by atoms with Crippen LogP contribution < -0.4 is 9.47 Å². The summed E-state index contributed by atoms with van der Waals surface area (Å²) in [6, 6.07) is 9.99. The maximum atomic E-state index is 5.76. The molecule has 0 radical (unpaired) electrons. The van der Waals surface area contributed by atoms with Crippen LogP contribution in [0.25, 0.3) is 10.8 Å². The zero-order valence-corrected chi connectivity index (χ0v) is 12.8. The van der Waals surface area contributed by atoms with Crippen LogP contribution in [0.4, 0.5) is 0 Å². The summed E-state index contributed by atoms with van der Waals surface area (Å²) in [6.45, 7) is 7.65. The van der Waals surface area contributed by atoms with Gasteiger partial charge in [-0.15, -0.1) is 0 Å². The minimum absolute atomic E-state index is 0.249. The molecule has 0 aromatic heterocycles. The molecule has 0 aliphatic carbocycles. The van der Waals surface area contributed by atoms with E-state index < -0.39 is 0 Å². The average Bonchev–Trinajstić information content (AvgIpc) is 2.50. The molecule has 0 N–H and O–H groups in total. The number of ether oxygens (including phenoxy) is 4. The van der Waals surface area contributed by atoms with Gasteiger partial charge in [0.2, 0.25) is 0 Å². The number of hydrogen-bond donors (Lipinski definition) is 0. The number of benzene rings is 2. The van der Waals surface area contributed by atoms with Gasteiger partial charge in [0.1, 0.15) is 11.5 Å². The van der Waals surface area contributed by atoms with Crippen molar-refractivity contribution < 1.29 is 18.9 Å². The second-order valence-electron chi connectivity index (χ2n) is 4.58. The first-order valence-electron chi connectivity index (χ1n) is 7.21. The van der Waals surface area contributed by atoms with Crippen LogP contribution in [0.5, 0.6) is 11.5 Å². The third-order valence-electron chi connectivity index (χ3n) is 3.14. The minimum atomic E-state index is 0.249. The molecule has 21 heavy (non-hydrogen) atoms. The van der Waals surface area contributed by atoms with E-state index in [0.717, 1.165) is 27.8 Å². The normalized spacial score (nSPS) is 10.8. The monoisotopic (exact) mass is 290 g/mol. The summed E-state index contributed by atoms with van der Waals surface area (Å²) in [5, 5.41) is 2.03. The maximum Gasteiger partial charge on any atom is 0.189 e. The highest BCUT2D eigenvalue weighted by molar-refractivity contribution is 5.94. The Balaban J connectivity index is 2.33. The lowest BCUT2D eigenvalue weighted by Gasteiger charge is -2.16. The molecule has 2 rings (SSSR count). The molecular weight excluding hydrogens is 268 g/mol. The zero-order valence-electron chi connectivity index (χ0n) is 12.8. The number of aryl methyl sites for hydroxylation is 1. The summed E-state index contributed by atoms with van der Waals surface area (Å²) in [4.78, 5) is 0. The Morgan fingerprint density at radius 2 is 1.48 bits per heavy atom. The molecule has 114 valence electrons. The summed E-state index contributed by atoms with van der Waals surface area (Å²) in [5.41, 5.74) is 1.01.